The van der Waals surface area contributed by atoms with Crippen LogP contribution in [0.1, 0.15) is 61.8 Å². The average molecular weight is 968 g/mol. The molecule has 0 heterocycles. The topological polar surface area (TPSA) is 24.7 Å². The molecule has 61 heavy (non-hydrogen) atoms. The molecule has 0 unspecified atom stereocenters. The molecule has 0 saturated carbocycles. The van der Waals surface area contributed by atoms with Crippen LogP contribution in [0.3, 0.4) is 0 Å². The first-order valence-electron chi connectivity index (χ1n) is 21.2. The molecule has 0 aliphatic heterocycles. The normalized spacial score (nSPS) is 13.2. The van der Waals surface area contributed by atoms with Gasteiger partial charge >= 0.3 is 39.3 Å². The van der Waals surface area contributed by atoms with Crippen molar-refractivity contribution >= 4 is 62.0 Å². The monoisotopic (exact) mass is 964 g/mol. The molecule has 0 atom stereocenters. The van der Waals surface area contributed by atoms with E-state index in [9.17, 15) is 0 Å². The van der Waals surface area contributed by atoms with Gasteiger partial charge in [0.25, 0.3) is 0 Å². The van der Waals surface area contributed by atoms with Gasteiger partial charge in [-0.2, -0.15) is 0 Å². The Balaban J connectivity index is 0.00000166. The zero-order valence-corrected chi connectivity index (χ0v) is 38.7. The molecule has 0 bridgehead atoms. The maximum atomic E-state index is 5.90. The summed E-state index contributed by atoms with van der Waals surface area (Å²) < 4.78 is 0. The first kappa shape index (κ1) is 42.5. The quantitative estimate of drug-likeness (QED) is 0.109. The maximum absolute atomic E-state index is 5.90. The third kappa shape index (κ3) is 9.51. The van der Waals surface area contributed by atoms with E-state index >= 15 is 0 Å². The molecule has 8 aromatic rings. The Morgan fingerprint density at radius 1 is 0.393 bits per heavy atom. The second-order valence-corrected chi connectivity index (χ2v) is 20.4. The van der Waals surface area contributed by atoms with Gasteiger partial charge in [-0.25, -0.2) is 9.98 Å². The van der Waals surface area contributed by atoms with Crippen LogP contribution in [-0.2, 0) is 23.7 Å². The summed E-state index contributed by atoms with van der Waals surface area (Å²) >= 11 is 6.00. The van der Waals surface area contributed by atoms with Crippen molar-refractivity contribution < 1.29 is 10.9 Å². The number of rotatable bonds is 12. The Morgan fingerprint density at radius 3 is 1.00 bits per heavy atom. The van der Waals surface area contributed by atoms with Gasteiger partial charge in [-0.05, 0) is 88.7 Å². The minimum atomic E-state index is 0.899. The molecule has 8 aromatic carbocycles. The molecule has 9 rings (SSSR count). The standard InChI is InChI=1S/C56H48N2.2BrH.Ni/c1-3-5-21-39-35-48(41-23-11-7-12-24-41)53(49(36-39)42-25-13-8-14-26-42)57-55-46-33-19-31-45-32-20-34-47(52(45)46)56(55)58-54-50(43-27-15-9-16-28-43)37-40(22-6-4-2)38-51(54)44-29-17-10-18-30-44;;;/h7-20,23-38H,3-6,21-22H2,1-2H3;2*1H;/q;;;+2/p-2. The van der Waals surface area contributed by atoms with Crippen LogP contribution in [0, 0.1) is 0 Å². The van der Waals surface area contributed by atoms with Crippen LogP contribution in [0.4, 0.5) is 11.4 Å². The Labute approximate surface area is 381 Å². The van der Waals surface area contributed by atoms with Gasteiger partial charge in [0.05, 0.1) is 22.8 Å². The molecule has 306 valence electrons. The van der Waals surface area contributed by atoms with Crippen molar-refractivity contribution in [1.82, 2.24) is 0 Å². The van der Waals surface area contributed by atoms with Gasteiger partial charge in [-0.1, -0.05) is 184 Å². The van der Waals surface area contributed by atoms with Crippen molar-refractivity contribution in [3.63, 3.8) is 0 Å². The fourth-order valence-electron chi connectivity index (χ4n) is 8.47. The van der Waals surface area contributed by atoms with Gasteiger partial charge in [0.2, 0.25) is 0 Å². The van der Waals surface area contributed by atoms with Crippen molar-refractivity contribution in [2.75, 3.05) is 0 Å². The van der Waals surface area contributed by atoms with Crippen LogP contribution in [0.5, 0.6) is 0 Å². The molecule has 1 aliphatic rings. The summed E-state index contributed by atoms with van der Waals surface area (Å²) in [5.41, 5.74) is 17.8. The van der Waals surface area contributed by atoms with E-state index in [4.69, 9.17) is 9.98 Å². The van der Waals surface area contributed by atoms with E-state index in [0.29, 0.717) is 0 Å². The van der Waals surface area contributed by atoms with Crippen LogP contribution in [0.2, 0.25) is 0 Å². The number of benzene rings is 8. The number of aliphatic imine (C=N–C) groups is 2. The van der Waals surface area contributed by atoms with E-state index in [2.05, 4.69) is 224 Å². The van der Waals surface area contributed by atoms with Gasteiger partial charge < -0.3 is 0 Å². The van der Waals surface area contributed by atoms with E-state index in [1.165, 1.54) is 32.8 Å². The van der Waals surface area contributed by atoms with E-state index in [0.717, 1.165) is 117 Å². The van der Waals surface area contributed by atoms with Crippen LogP contribution >= 0.6 is 28.5 Å². The Kier molecular flexibility index (Phi) is 14.3. The van der Waals surface area contributed by atoms with Crippen molar-refractivity contribution in [2.45, 2.75) is 52.4 Å². The molecule has 0 amide bonds. The first-order chi connectivity index (χ1) is 30.1. The molecular weight excluding hydrogens is 919 g/mol. The molecule has 2 nitrogen and oxygen atoms in total. The summed E-state index contributed by atoms with van der Waals surface area (Å²) in [5, 5.41) is 2.39. The van der Waals surface area contributed by atoms with E-state index in [1.54, 1.807) is 0 Å². The van der Waals surface area contributed by atoms with Crippen molar-refractivity contribution in [2.24, 2.45) is 9.98 Å². The fraction of sp³-hybridized carbons (Fsp3) is 0.143. The molecule has 0 fully saturated rings. The number of hydrogen-bond acceptors (Lipinski definition) is 2. The van der Waals surface area contributed by atoms with Crippen molar-refractivity contribution in [3.05, 3.63) is 204 Å². The van der Waals surface area contributed by atoms with Crippen molar-refractivity contribution in [3.8, 4) is 44.5 Å². The third-order valence-electron chi connectivity index (χ3n) is 11.4. The Bertz CT molecular complexity index is 2490. The van der Waals surface area contributed by atoms with E-state index in [1.807, 2.05) is 0 Å². The molecule has 0 spiro atoms. The predicted molar refractivity (Wildman–Crippen MR) is 266 cm³/mol. The number of aryl methyl sites for hydroxylation is 2. The predicted octanol–water partition coefficient (Wildman–Crippen LogP) is 17.1. The molecule has 0 N–H and O–H groups in total. The average Bonchev–Trinajstić information content (AvgIpc) is 3.61. The summed E-state index contributed by atoms with van der Waals surface area (Å²) in [5.74, 6) is 0. The minimum absolute atomic E-state index is 0.899. The third-order valence-corrected chi connectivity index (χ3v) is 11.4. The zero-order chi connectivity index (χ0) is 42.0. The van der Waals surface area contributed by atoms with E-state index in [-0.39, 0.29) is 0 Å². The second-order valence-electron chi connectivity index (χ2n) is 15.4. The first-order valence-corrected chi connectivity index (χ1v) is 26.1. The molecule has 0 radical (unpaired) electrons. The molecule has 0 saturated heterocycles. The summed E-state index contributed by atoms with van der Waals surface area (Å²) in [6.07, 6.45) is 6.59. The van der Waals surface area contributed by atoms with Gasteiger partial charge in [0.15, 0.2) is 0 Å². The Hall–Kier alpha value is -5.19. The van der Waals surface area contributed by atoms with E-state index < -0.39 is 0 Å². The summed E-state index contributed by atoms with van der Waals surface area (Å²) in [6.45, 7) is 4.53. The van der Waals surface area contributed by atoms with Gasteiger partial charge in [-0.15, -0.1) is 0 Å². The fourth-order valence-corrected chi connectivity index (χ4v) is 8.47. The van der Waals surface area contributed by atoms with Gasteiger partial charge in [-0.3, -0.25) is 0 Å². The molecule has 1 aliphatic carbocycles. The molecule has 0 aromatic heterocycles. The molecule has 5 heteroatoms. The number of hydrogen-bond donors (Lipinski definition) is 0. The van der Waals surface area contributed by atoms with Crippen LogP contribution in [-0.4, -0.2) is 11.4 Å². The summed E-state index contributed by atoms with van der Waals surface area (Å²) in [7, 11) is 1.25. The summed E-state index contributed by atoms with van der Waals surface area (Å²) in [4.78, 5) is 11.8. The van der Waals surface area contributed by atoms with Crippen LogP contribution in [0.25, 0.3) is 55.3 Å². The van der Waals surface area contributed by atoms with Crippen LogP contribution in [0.15, 0.2) is 192 Å². The number of nitrogens with zero attached hydrogens (tertiary/aromatic N) is 2. The van der Waals surface area contributed by atoms with Gasteiger partial charge in [0, 0.05) is 38.8 Å². The SMILES string of the molecule is CCCCc1cc(-c2ccccc2)c(N=C2C(=Nc3c(-c4ccccc4)cc(CCCC)cc3-c3ccccc3)c3cccc4cccc2c34)c(-c2ccccc2)c1.[Br][Ni][Br]. The number of unbranched alkanes of at least 4 members (excludes halogenated alkanes) is 2. The van der Waals surface area contributed by atoms with Crippen LogP contribution < -0.4 is 0 Å². The zero-order valence-electron chi connectivity index (χ0n) is 34.5. The van der Waals surface area contributed by atoms with Gasteiger partial charge in [0.1, 0.15) is 0 Å². The molecular formula is C56H48Br2N2Ni. The second kappa shape index (κ2) is 20.6. The number of halogens is 2. The Morgan fingerprint density at radius 2 is 0.705 bits per heavy atom. The van der Waals surface area contributed by atoms with Crippen molar-refractivity contribution in [1.29, 1.82) is 0 Å². The summed E-state index contributed by atoms with van der Waals surface area (Å²) in [6, 6.07) is 65.9.